The number of halogens is 3. The first-order valence-corrected chi connectivity index (χ1v) is 32.3. The van der Waals surface area contributed by atoms with Gasteiger partial charge in [0.25, 0.3) is 0 Å². The van der Waals surface area contributed by atoms with E-state index in [2.05, 4.69) is 130 Å². The van der Waals surface area contributed by atoms with E-state index in [-0.39, 0.29) is 2.30 Å². The molecular formula is C25H33Cl3Si3Sn. The van der Waals surface area contributed by atoms with Gasteiger partial charge in [0.2, 0.25) is 0 Å². The molecule has 7 heteroatoms. The molecule has 32 heavy (non-hydrogen) atoms. The van der Waals surface area contributed by atoms with Crippen LogP contribution in [0.25, 0.3) is 0 Å². The van der Waals surface area contributed by atoms with Crippen LogP contribution in [-0.4, -0.2) is 39.2 Å². The zero-order valence-corrected chi connectivity index (χ0v) is 27.9. The van der Waals surface area contributed by atoms with Crippen LogP contribution in [0, 0.1) is 0 Å². The van der Waals surface area contributed by atoms with E-state index in [0.717, 1.165) is 0 Å². The monoisotopic (exact) mass is 642 g/mol. The van der Waals surface area contributed by atoms with Gasteiger partial charge in [-0.1, -0.05) is 0 Å². The van der Waals surface area contributed by atoms with E-state index >= 15 is 0 Å². The van der Waals surface area contributed by atoms with Gasteiger partial charge in [0.05, 0.1) is 0 Å². The summed E-state index contributed by atoms with van der Waals surface area (Å²) >= 11 is -4.25. The molecular weight excluding hydrogens is 610 g/mol. The van der Waals surface area contributed by atoms with Crippen LogP contribution in [-0.2, 0) is 0 Å². The van der Waals surface area contributed by atoms with Gasteiger partial charge in [-0.2, -0.15) is 0 Å². The Balaban J connectivity index is 2.52. The van der Waals surface area contributed by atoms with E-state index in [1.54, 1.807) is 0 Å². The Bertz CT molecular complexity index is 909. The van der Waals surface area contributed by atoms with Crippen LogP contribution < -0.4 is 15.6 Å². The van der Waals surface area contributed by atoms with E-state index < -0.39 is 39.2 Å². The molecule has 0 N–H and O–H groups in total. The molecule has 0 saturated carbocycles. The summed E-state index contributed by atoms with van der Waals surface area (Å²) in [6.45, 7) is 14.9. The Labute approximate surface area is 212 Å². The average molecular weight is 643 g/mol. The Morgan fingerprint density at radius 1 is 0.469 bits per heavy atom. The molecule has 0 amide bonds. The summed E-state index contributed by atoms with van der Waals surface area (Å²) in [4.78, 5) is 0. The van der Waals surface area contributed by atoms with Crippen LogP contribution in [0.3, 0.4) is 0 Å². The van der Waals surface area contributed by atoms with Crippen LogP contribution in [0.15, 0.2) is 91.0 Å². The fourth-order valence-corrected chi connectivity index (χ4v) is 99.2. The van der Waals surface area contributed by atoms with Gasteiger partial charge in [-0.3, -0.25) is 0 Å². The van der Waals surface area contributed by atoms with Crippen molar-refractivity contribution in [1.29, 1.82) is 0 Å². The second-order valence-corrected chi connectivity index (χ2v) is 50.0. The van der Waals surface area contributed by atoms with E-state index in [1.165, 1.54) is 15.6 Å². The van der Waals surface area contributed by atoms with Gasteiger partial charge in [-0.05, 0) is 0 Å². The summed E-state index contributed by atoms with van der Waals surface area (Å²) < 4.78 is -0.240. The number of benzene rings is 3. The van der Waals surface area contributed by atoms with Gasteiger partial charge in [-0.25, -0.2) is 0 Å². The normalized spacial score (nSPS) is 13.8. The first kappa shape index (κ1) is 26.6. The molecule has 0 atom stereocenters. The molecule has 3 aromatic carbocycles. The first-order valence-electron chi connectivity index (χ1n) is 11.0. The van der Waals surface area contributed by atoms with Crippen molar-refractivity contribution in [3.05, 3.63) is 91.0 Å². The summed E-state index contributed by atoms with van der Waals surface area (Å²) in [5, 5.41) is 4.20. The van der Waals surface area contributed by atoms with Gasteiger partial charge in [0.1, 0.15) is 0 Å². The standard InChI is InChI=1S/C25H33Si3.3ClH.Sn/c1-26(2,22-16-10-7-11-17-22)25(27(3,4)23-18-12-8-13-19-23)28(5,6)24-20-14-9-15-21-24;;;;/h7-21H,1-6H3;3*1H;/q;;;;+3/p-3. The zero-order valence-electron chi connectivity index (χ0n) is 19.8. The minimum absolute atomic E-state index is 0.240. The fraction of sp³-hybridized carbons (Fsp3) is 0.280. The van der Waals surface area contributed by atoms with Crippen molar-refractivity contribution in [3.8, 4) is 0 Å². The third-order valence-corrected chi connectivity index (χ3v) is 71.2. The molecule has 0 aliphatic heterocycles. The van der Waals surface area contributed by atoms with Crippen LogP contribution in [0.4, 0.5) is 0 Å². The van der Waals surface area contributed by atoms with Crippen LogP contribution in [0.5, 0.6) is 0 Å². The van der Waals surface area contributed by atoms with Gasteiger partial charge in [0.15, 0.2) is 0 Å². The molecule has 3 aromatic rings. The van der Waals surface area contributed by atoms with E-state index in [9.17, 15) is 0 Å². The maximum atomic E-state index is 7.50. The van der Waals surface area contributed by atoms with Crippen LogP contribution >= 0.6 is 26.8 Å². The fourth-order valence-electron chi connectivity index (χ4n) is 6.62. The first-order chi connectivity index (χ1) is 14.8. The SMILES string of the molecule is C[Si](C)(c1ccccc1)[C]([Si](C)(C)c1ccccc1)([Si](C)(C)c1ccccc1)[Sn]([Cl])([Cl])[Cl]. The third-order valence-electron chi connectivity index (χ3n) is 7.72. The van der Waals surface area contributed by atoms with E-state index in [4.69, 9.17) is 26.8 Å². The molecule has 0 saturated heterocycles. The number of hydrogen-bond acceptors (Lipinski definition) is 0. The summed E-state index contributed by atoms with van der Waals surface area (Å²) in [7, 11) is 15.6. The summed E-state index contributed by atoms with van der Waals surface area (Å²) in [5.41, 5.74) is 0. The molecule has 0 bridgehead atoms. The van der Waals surface area contributed by atoms with Crippen LogP contribution in [0.2, 0.25) is 41.6 Å². The summed E-state index contributed by atoms with van der Waals surface area (Å²) in [6.07, 6.45) is 0. The second-order valence-electron chi connectivity index (χ2n) is 10.2. The second kappa shape index (κ2) is 9.56. The summed E-state index contributed by atoms with van der Waals surface area (Å²) in [5.74, 6) is 0. The van der Waals surface area contributed by atoms with Gasteiger partial charge in [-0.15, -0.1) is 0 Å². The maximum absolute atomic E-state index is 7.50. The van der Waals surface area contributed by atoms with Crippen LogP contribution in [0.1, 0.15) is 0 Å². The average Bonchev–Trinajstić information content (AvgIpc) is 2.74. The molecule has 0 fully saturated rings. The van der Waals surface area contributed by atoms with E-state index in [1.807, 2.05) is 0 Å². The van der Waals surface area contributed by atoms with Crippen molar-refractivity contribution >= 4 is 81.5 Å². The number of hydrogen-bond donors (Lipinski definition) is 0. The Morgan fingerprint density at radius 3 is 0.875 bits per heavy atom. The molecule has 0 heterocycles. The third kappa shape index (κ3) is 4.14. The van der Waals surface area contributed by atoms with E-state index in [0.29, 0.717) is 0 Å². The molecule has 0 aliphatic rings. The Hall–Kier alpha value is -0.0206. The van der Waals surface area contributed by atoms with Crippen molar-refractivity contribution in [2.75, 3.05) is 0 Å². The van der Waals surface area contributed by atoms with Gasteiger partial charge in [0, 0.05) is 0 Å². The molecule has 0 aliphatic carbocycles. The quantitative estimate of drug-likeness (QED) is 0.248. The van der Waals surface area contributed by atoms with Crippen molar-refractivity contribution in [2.24, 2.45) is 0 Å². The Morgan fingerprint density at radius 2 is 0.688 bits per heavy atom. The summed E-state index contributed by atoms with van der Waals surface area (Å²) in [6, 6.07) is 32.9. The van der Waals surface area contributed by atoms with Crippen molar-refractivity contribution in [2.45, 2.75) is 41.6 Å². The van der Waals surface area contributed by atoms with Gasteiger partial charge >= 0.3 is 214 Å². The molecule has 0 radical (unpaired) electrons. The molecule has 0 nitrogen and oxygen atoms in total. The zero-order chi connectivity index (χ0) is 23.8. The van der Waals surface area contributed by atoms with Crippen molar-refractivity contribution < 1.29 is 0 Å². The topological polar surface area (TPSA) is 0 Å². The van der Waals surface area contributed by atoms with Gasteiger partial charge < -0.3 is 0 Å². The Kier molecular flexibility index (Phi) is 7.94. The molecule has 170 valence electrons. The molecule has 0 spiro atoms. The minimum atomic E-state index is -4.25. The predicted octanol–water partition coefficient (Wildman–Crippen LogP) is 6.85. The number of rotatable bonds is 7. The predicted molar refractivity (Wildman–Crippen MR) is 157 cm³/mol. The molecule has 0 aromatic heterocycles. The molecule has 0 unspecified atom stereocenters. The molecule has 3 rings (SSSR count). The van der Waals surface area contributed by atoms with Crippen molar-refractivity contribution in [3.63, 3.8) is 0 Å². The van der Waals surface area contributed by atoms with Crippen molar-refractivity contribution in [1.82, 2.24) is 0 Å².